The van der Waals surface area contributed by atoms with Crippen LogP contribution in [-0.2, 0) is 6.42 Å². The van der Waals surface area contributed by atoms with E-state index in [1.165, 1.54) is 50.5 Å². The van der Waals surface area contributed by atoms with Crippen molar-refractivity contribution in [3.05, 3.63) is 34.9 Å². The highest BCUT2D eigenvalue weighted by molar-refractivity contribution is 6.30. The highest BCUT2D eigenvalue weighted by atomic mass is 35.5. The van der Waals surface area contributed by atoms with Crippen LogP contribution in [0.25, 0.3) is 0 Å². The first-order chi connectivity index (χ1) is 9.28. The molecule has 0 radical (unpaired) electrons. The molecule has 1 atom stereocenters. The Kier molecular flexibility index (Phi) is 6.19. The maximum absolute atomic E-state index is 6.05. The number of halogens is 1. The maximum atomic E-state index is 6.05. The molecule has 0 aromatic heterocycles. The first kappa shape index (κ1) is 14.9. The third-order valence-electron chi connectivity index (χ3n) is 4.43. The van der Waals surface area contributed by atoms with Crippen LogP contribution in [0.3, 0.4) is 0 Å². The van der Waals surface area contributed by atoms with E-state index in [2.05, 4.69) is 24.5 Å². The van der Waals surface area contributed by atoms with Crippen molar-refractivity contribution >= 4 is 11.6 Å². The van der Waals surface area contributed by atoms with Gasteiger partial charge < -0.3 is 5.32 Å². The van der Waals surface area contributed by atoms with Crippen molar-refractivity contribution in [1.82, 2.24) is 5.32 Å². The number of hydrogen-bond donors (Lipinski definition) is 1. The fourth-order valence-corrected chi connectivity index (χ4v) is 3.42. The van der Waals surface area contributed by atoms with Gasteiger partial charge >= 0.3 is 0 Å². The lowest BCUT2D eigenvalue weighted by atomic mass is 9.84. The molecule has 2 heteroatoms. The van der Waals surface area contributed by atoms with Crippen molar-refractivity contribution < 1.29 is 0 Å². The Morgan fingerprint density at radius 2 is 2.05 bits per heavy atom. The monoisotopic (exact) mass is 279 g/mol. The number of rotatable bonds is 6. The van der Waals surface area contributed by atoms with E-state index in [4.69, 9.17) is 11.6 Å². The van der Waals surface area contributed by atoms with E-state index in [0.29, 0.717) is 6.04 Å². The van der Waals surface area contributed by atoms with Crippen molar-refractivity contribution in [2.24, 2.45) is 5.92 Å². The van der Waals surface area contributed by atoms with Gasteiger partial charge in [0.25, 0.3) is 0 Å². The third-order valence-corrected chi connectivity index (χ3v) is 4.66. The zero-order valence-electron chi connectivity index (χ0n) is 12.0. The number of hydrogen-bond acceptors (Lipinski definition) is 1. The second-order valence-corrected chi connectivity index (χ2v) is 6.34. The minimum Gasteiger partial charge on any atom is -0.317 e. The summed E-state index contributed by atoms with van der Waals surface area (Å²) in [4.78, 5) is 0. The molecule has 0 bridgehead atoms. The molecule has 1 aliphatic carbocycles. The van der Waals surface area contributed by atoms with Crippen LogP contribution in [0.1, 0.15) is 50.5 Å². The Morgan fingerprint density at radius 1 is 1.26 bits per heavy atom. The van der Waals surface area contributed by atoms with Gasteiger partial charge in [0.15, 0.2) is 0 Å². The average Bonchev–Trinajstić information content (AvgIpc) is 2.44. The second kappa shape index (κ2) is 7.91. The smallest absolute Gasteiger partial charge is 0.0408 e. The molecule has 0 amide bonds. The number of nitrogens with one attached hydrogen (secondary N) is 1. The normalized spacial score (nSPS) is 18.4. The van der Waals surface area contributed by atoms with Crippen LogP contribution in [0, 0.1) is 5.92 Å². The lowest BCUT2D eigenvalue weighted by Gasteiger charge is -2.24. The highest BCUT2D eigenvalue weighted by Crippen LogP contribution is 2.28. The van der Waals surface area contributed by atoms with Crippen molar-refractivity contribution in [1.29, 1.82) is 0 Å². The van der Waals surface area contributed by atoms with Gasteiger partial charge in [0, 0.05) is 11.1 Å². The summed E-state index contributed by atoms with van der Waals surface area (Å²) < 4.78 is 0. The standard InChI is InChI=1S/C17H26ClN/c1-19-17(11-10-14-6-3-2-4-7-14)13-15-8-5-9-16(18)12-15/h5,8-9,12,14,17,19H,2-4,6-7,10-11,13H2,1H3. The van der Waals surface area contributed by atoms with E-state index in [1.54, 1.807) is 0 Å². The average molecular weight is 280 g/mol. The van der Waals surface area contributed by atoms with Crippen LogP contribution in [0.15, 0.2) is 24.3 Å². The van der Waals surface area contributed by atoms with Gasteiger partial charge in [0.2, 0.25) is 0 Å². The van der Waals surface area contributed by atoms with Gasteiger partial charge in [-0.05, 0) is 49.9 Å². The van der Waals surface area contributed by atoms with Gasteiger partial charge in [-0.2, -0.15) is 0 Å². The first-order valence-electron chi connectivity index (χ1n) is 7.69. The van der Waals surface area contributed by atoms with E-state index in [0.717, 1.165) is 17.4 Å². The number of likely N-dealkylation sites (N-methyl/N-ethyl adjacent to an activating group) is 1. The van der Waals surface area contributed by atoms with Gasteiger partial charge in [-0.3, -0.25) is 0 Å². The zero-order valence-corrected chi connectivity index (χ0v) is 12.8. The zero-order chi connectivity index (χ0) is 13.5. The van der Waals surface area contributed by atoms with E-state index >= 15 is 0 Å². The molecule has 1 aromatic rings. The molecular formula is C17H26ClN. The summed E-state index contributed by atoms with van der Waals surface area (Å²) in [7, 11) is 2.08. The Balaban J connectivity index is 1.79. The highest BCUT2D eigenvalue weighted by Gasteiger charge is 2.15. The molecule has 0 saturated heterocycles. The molecule has 1 nitrogen and oxygen atoms in total. The molecular weight excluding hydrogens is 254 g/mol. The van der Waals surface area contributed by atoms with E-state index in [1.807, 2.05) is 12.1 Å². The van der Waals surface area contributed by atoms with Gasteiger partial charge in [-0.1, -0.05) is 55.8 Å². The van der Waals surface area contributed by atoms with E-state index in [-0.39, 0.29) is 0 Å². The molecule has 1 fully saturated rings. The Bertz CT molecular complexity index is 371. The topological polar surface area (TPSA) is 12.0 Å². The van der Waals surface area contributed by atoms with Gasteiger partial charge in [-0.15, -0.1) is 0 Å². The third kappa shape index (κ3) is 5.16. The molecule has 0 aliphatic heterocycles. The Hall–Kier alpha value is -0.530. The lowest BCUT2D eigenvalue weighted by Crippen LogP contribution is -2.28. The van der Waals surface area contributed by atoms with Crippen molar-refractivity contribution in [3.8, 4) is 0 Å². The van der Waals surface area contributed by atoms with Crippen molar-refractivity contribution in [3.63, 3.8) is 0 Å². The van der Waals surface area contributed by atoms with Gasteiger partial charge in [0.1, 0.15) is 0 Å². The van der Waals surface area contributed by atoms with Crippen molar-refractivity contribution in [2.75, 3.05) is 7.05 Å². The summed E-state index contributed by atoms with van der Waals surface area (Å²) in [6.45, 7) is 0. The van der Waals surface area contributed by atoms with Crippen LogP contribution >= 0.6 is 11.6 Å². The van der Waals surface area contributed by atoms with Crippen LogP contribution < -0.4 is 5.32 Å². The molecule has 1 aromatic carbocycles. The fourth-order valence-electron chi connectivity index (χ4n) is 3.21. The van der Waals surface area contributed by atoms with Crippen molar-refractivity contribution in [2.45, 2.75) is 57.4 Å². The lowest BCUT2D eigenvalue weighted by molar-refractivity contribution is 0.316. The molecule has 1 saturated carbocycles. The van der Waals surface area contributed by atoms with Crippen LogP contribution in [0.2, 0.25) is 5.02 Å². The second-order valence-electron chi connectivity index (χ2n) is 5.90. The molecule has 0 heterocycles. The Morgan fingerprint density at radius 3 is 2.74 bits per heavy atom. The van der Waals surface area contributed by atoms with E-state index in [9.17, 15) is 0 Å². The minimum absolute atomic E-state index is 0.584. The molecule has 106 valence electrons. The summed E-state index contributed by atoms with van der Waals surface area (Å²) in [5.74, 6) is 0.976. The fraction of sp³-hybridized carbons (Fsp3) is 0.647. The molecule has 0 spiro atoms. The summed E-state index contributed by atoms with van der Waals surface area (Å²) in [5.41, 5.74) is 1.34. The molecule has 1 aliphatic rings. The van der Waals surface area contributed by atoms with E-state index < -0.39 is 0 Å². The minimum atomic E-state index is 0.584. The summed E-state index contributed by atoms with van der Waals surface area (Å²) >= 11 is 6.05. The molecule has 19 heavy (non-hydrogen) atoms. The maximum Gasteiger partial charge on any atom is 0.0408 e. The largest absolute Gasteiger partial charge is 0.317 e. The molecule has 1 unspecified atom stereocenters. The summed E-state index contributed by atoms with van der Waals surface area (Å²) in [6.07, 6.45) is 11.0. The van der Waals surface area contributed by atoms with Crippen LogP contribution in [0.4, 0.5) is 0 Å². The summed E-state index contributed by atoms with van der Waals surface area (Å²) in [6, 6.07) is 8.84. The quantitative estimate of drug-likeness (QED) is 0.786. The predicted molar refractivity (Wildman–Crippen MR) is 83.8 cm³/mol. The number of benzene rings is 1. The Labute approximate surface area is 122 Å². The first-order valence-corrected chi connectivity index (χ1v) is 8.07. The summed E-state index contributed by atoms with van der Waals surface area (Å²) in [5, 5.41) is 4.31. The molecule has 2 rings (SSSR count). The molecule has 1 N–H and O–H groups in total. The van der Waals surface area contributed by atoms with Gasteiger partial charge in [0.05, 0.1) is 0 Å². The van der Waals surface area contributed by atoms with Crippen LogP contribution in [-0.4, -0.2) is 13.1 Å². The van der Waals surface area contributed by atoms with Crippen LogP contribution in [0.5, 0.6) is 0 Å². The SMILES string of the molecule is CNC(CCC1CCCCC1)Cc1cccc(Cl)c1. The van der Waals surface area contributed by atoms with Gasteiger partial charge in [-0.25, -0.2) is 0 Å². The predicted octanol–water partition coefficient (Wildman–Crippen LogP) is 4.83.